The molecule has 0 saturated heterocycles. The Labute approximate surface area is 104 Å². The molecule has 0 amide bonds. The average molecular weight is 287 g/mol. The molecule has 0 saturated carbocycles. The van der Waals surface area contributed by atoms with Gasteiger partial charge in [-0.15, -0.1) is 11.8 Å². The molecule has 0 radical (unpaired) electrons. The number of thioether (sulfide) groups is 1. The Morgan fingerprint density at radius 2 is 2.13 bits per heavy atom. The van der Waals surface area contributed by atoms with Crippen molar-refractivity contribution >= 4 is 33.5 Å². The van der Waals surface area contributed by atoms with Crippen molar-refractivity contribution in [2.45, 2.75) is 25.7 Å². The lowest BCUT2D eigenvalue weighted by Gasteiger charge is -2.08. The van der Waals surface area contributed by atoms with Gasteiger partial charge in [0.15, 0.2) is 5.78 Å². The van der Waals surface area contributed by atoms with Crippen molar-refractivity contribution in [3.8, 4) is 0 Å². The molecule has 3 heteroatoms. The summed E-state index contributed by atoms with van der Waals surface area (Å²) in [6.07, 6.45) is 0. The molecule has 1 aromatic carbocycles. The number of rotatable bonds is 4. The Morgan fingerprint density at radius 1 is 1.47 bits per heavy atom. The van der Waals surface area contributed by atoms with Crippen LogP contribution in [-0.2, 0) is 0 Å². The van der Waals surface area contributed by atoms with Gasteiger partial charge in [0, 0.05) is 20.7 Å². The summed E-state index contributed by atoms with van der Waals surface area (Å²) in [5.74, 6) is 1.80. The van der Waals surface area contributed by atoms with E-state index in [0.29, 0.717) is 5.92 Å². The fourth-order valence-electron chi connectivity index (χ4n) is 1.16. The normalized spacial score (nSPS) is 10.7. The molecule has 0 bridgehead atoms. The van der Waals surface area contributed by atoms with Crippen LogP contribution in [0.15, 0.2) is 27.6 Å². The van der Waals surface area contributed by atoms with Gasteiger partial charge in [0.2, 0.25) is 0 Å². The lowest BCUT2D eigenvalue weighted by Crippen LogP contribution is -1.97. The summed E-state index contributed by atoms with van der Waals surface area (Å²) in [4.78, 5) is 12.5. The van der Waals surface area contributed by atoms with Crippen molar-refractivity contribution in [2.24, 2.45) is 5.92 Å². The molecule has 1 rings (SSSR count). The first kappa shape index (κ1) is 12.8. The largest absolute Gasteiger partial charge is 0.294 e. The Bertz CT molecular complexity index is 361. The van der Waals surface area contributed by atoms with Gasteiger partial charge in [0.05, 0.1) is 0 Å². The van der Waals surface area contributed by atoms with Gasteiger partial charge in [-0.2, -0.15) is 0 Å². The number of halogens is 1. The molecule has 0 aliphatic rings. The average Bonchev–Trinajstić information content (AvgIpc) is 2.14. The standard InChI is InChI=1S/C12H15BrOS/c1-8(2)7-15-12-6-10(13)4-5-11(12)9(3)14/h4-6,8H,7H2,1-3H3. The molecule has 0 atom stereocenters. The lowest BCUT2D eigenvalue weighted by molar-refractivity contribution is 0.101. The van der Waals surface area contributed by atoms with E-state index < -0.39 is 0 Å². The van der Waals surface area contributed by atoms with Crippen LogP contribution in [0.3, 0.4) is 0 Å². The van der Waals surface area contributed by atoms with E-state index in [1.54, 1.807) is 18.7 Å². The molecular formula is C12H15BrOS. The van der Waals surface area contributed by atoms with Crippen LogP contribution < -0.4 is 0 Å². The van der Waals surface area contributed by atoms with Crippen molar-refractivity contribution in [1.82, 2.24) is 0 Å². The maximum absolute atomic E-state index is 11.4. The zero-order valence-electron chi connectivity index (χ0n) is 9.21. The molecule has 82 valence electrons. The number of benzene rings is 1. The van der Waals surface area contributed by atoms with E-state index in [9.17, 15) is 4.79 Å². The van der Waals surface area contributed by atoms with Gasteiger partial charge in [0.1, 0.15) is 0 Å². The minimum Gasteiger partial charge on any atom is -0.294 e. The maximum atomic E-state index is 11.4. The third kappa shape index (κ3) is 3.99. The van der Waals surface area contributed by atoms with E-state index in [1.807, 2.05) is 18.2 Å². The smallest absolute Gasteiger partial charge is 0.160 e. The van der Waals surface area contributed by atoms with E-state index in [2.05, 4.69) is 29.8 Å². The van der Waals surface area contributed by atoms with Crippen LogP contribution >= 0.6 is 27.7 Å². The molecule has 1 nitrogen and oxygen atoms in total. The SMILES string of the molecule is CC(=O)c1ccc(Br)cc1SCC(C)C. The monoisotopic (exact) mass is 286 g/mol. The predicted octanol–water partition coefficient (Wildman–Crippen LogP) is 4.40. The van der Waals surface area contributed by atoms with Gasteiger partial charge in [-0.05, 0) is 31.0 Å². The summed E-state index contributed by atoms with van der Waals surface area (Å²) in [5.41, 5.74) is 0.823. The molecule has 0 spiro atoms. The summed E-state index contributed by atoms with van der Waals surface area (Å²) in [7, 11) is 0. The zero-order chi connectivity index (χ0) is 11.4. The first-order valence-corrected chi connectivity index (χ1v) is 6.72. The first-order chi connectivity index (χ1) is 7.00. The van der Waals surface area contributed by atoms with Crippen molar-refractivity contribution in [1.29, 1.82) is 0 Å². The number of ketones is 1. The summed E-state index contributed by atoms with van der Waals surface area (Å²) < 4.78 is 1.03. The first-order valence-electron chi connectivity index (χ1n) is 4.94. The highest BCUT2D eigenvalue weighted by molar-refractivity contribution is 9.10. The van der Waals surface area contributed by atoms with Gasteiger partial charge < -0.3 is 0 Å². The quantitative estimate of drug-likeness (QED) is 0.603. The molecule has 1 aromatic rings. The van der Waals surface area contributed by atoms with Crippen LogP contribution in [-0.4, -0.2) is 11.5 Å². The summed E-state index contributed by atoms with van der Waals surface area (Å²) in [5, 5.41) is 0. The highest BCUT2D eigenvalue weighted by Gasteiger charge is 2.08. The second-order valence-corrected chi connectivity index (χ2v) is 5.88. The molecule has 0 aliphatic carbocycles. The Morgan fingerprint density at radius 3 is 2.67 bits per heavy atom. The second kappa shape index (κ2) is 5.71. The molecule has 0 N–H and O–H groups in total. The topological polar surface area (TPSA) is 17.1 Å². The zero-order valence-corrected chi connectivity index (χ0v) is 11.6. The summed E-state index contributed by atoms with van der Waals surface area (Å²) in [6.45, 7) is 5.97. The van der Waals surface area contributed by atoms with Gasteiger partial charge >= 0.3 is 0 Å². The van der Waals surface area contributed by atoms with E-state index in [-0.39, 0.29) is 5.78 Å². The van der Waals surface area contributed by atoms with Crippen molar-refractivity contribution in [3.05, 3.63) is 28.2 Å². The summed E-state index contributed by atoms with van der Waals surface area (Å²) >= 11 is 5.17. The minimum atomic E-state index is 0.133. The number of Topliss-reactive ketones (excluding diaryl/α,β-unsaturated/α-hetero) is 1. The van der Waals surface area contributed by atoms with Crippen LogP contribution in [0.25, 0.3) is 0 Å². The van der Waals surface area contributed by atoms with Gasteiger partial charge in [-0.25, -0.2) is 0 Å². The molecule has 0 fully saturated rings. The highest BCUT2D eigenvalue weighted by atomic mass is 79.9. The van der Waals surface area contributed by atoms with E-state index in [4.69, 9.17) is 0 Å². The van der Waals surface area contributed by atoms with E-state index in [1.165, 1.54) is 0 Å². The lowest BCUT2D eigenvalue weighted by atomic mass is 10.1. The van der Waals surface area contributed by atoms with Gasteiger partial charge in [-0.1, -0.05) is 29.8 Å². The number of carbonyl (C=O) groups excluding carboxylic acids is 1. The van der Waals surface area contributed by atoms with Gasteiger partial charge in [0.25, 0.3) is 0 Å². The van der Waals surface area contributed by atoms with Crippen LogP contribution in [0.5, 0.6) is 0 Å². The number of carbonyl (C=O) groups is 1. The Hall–Kier alpha value is -0.280. The second-order valence-electron chi connectivity index (χ2n) is 3.90. The Kier molecular flexibility index (Phi) is 4.87. The van der Waals surface area contributed by atoms with Crippen LogP contribution in [0.4, 0.5) is 0 Å². The third-order valence-electron chi connectivity index (χ3n) is 1.90. The molecule has 15 heavy (non-hydrogen) atoms. The van der Waals surface area contributed by atoms with Gasteiger partial charge in [-0.3, -0.25) is 4.79 Å². The van der Waals surface area contributed by atoms with E-state index >= 15 is 0 Å². The minimum absolute atomic E-state index is 0.133. The van der Waals surface area contributed by atoms with Crippen LogP contribution in [0, 0.1) is 5.92 Å². The van der Waals surface area contributed by atoms with Crippen molar-refractivity contribution < 1.29 is 4.79 Å². The number of hydrogen-bond acceptors (Lipinski definition) is 2. The Balaban J connectivity index is 2.92. The van der Waals surface area contributed by atoms with Crippen LogP contribution in [0.2, 0.25) is 0 Å². The molecule has 0 unspecified atom stereocenters. The van der Waals surface area contributed by atoms with Crippen molar-refractivity contribution in [2.75, 3.05) is 5.75 Å². The highest BCUT2D eigenvalue weighted by Crippen LogP contribution is 2.28. The van der Waals surface area contributed by atoms with Crippen LogP contribution in [0.1, 0.15) is 31.1 Å². The molecular weight excluding hydrogens is 272 g/mol. The number of hydrogen-bond donors (Lipinski definition) is 0. The fourth-order valence-corrected chi connectivity index (χ4v) is 2.77. The molecule has 0 aliphatic heterocycles. The van der Waals surface area contributed by atoms with Crippen molar-refractivity contribution in [3.63, 3.8) is 0 Å². The molecule has 0 heterocycles. The molecule has 0 aromatic heterocycles. The third-order valence-corrected chi connectivity index (χ3v) is 3.87. The predicted molar refractivity (Wildman–Crippen MR) is 69.7 cm³/mol. The maximum Gasteiger partial charge on any atom is 0.160 e. The fraction of sp³-hybridized carbons (Fsp3) is 0.417. The van der Waals surface area contributed by atoms with E-state index in [0.717, 1.165) is 20.7 Å². The summed E-state index contributed by atoms with van der Waals surface area (Å²) in [6, 6.07) is 5.81.